The van der Waals surface area contributed by atoms with E-state index in [-0.39, 0.29) is 12.8 Å². The van der Waals surface area contributed by atoms with Gasteiger partial charge < -0.3 is 28.8 Å². The first-order chi connectivity index (χ1) is 15.0. The summed E-state index contributed by atoms with van der Waals surface area (Å²) in [6, 6.07) is 18.8. The van der Waals surface area contributed by atoms with Gasteiger partial charge in [0.05, 0.1) is 19.8 Å². The van der Waals surface area contributed by atoms with E-state index in [1.807, 2.05) is 55.5 Å². The highest BCUT2D eigenvalue weighted by Crippen LogP contribution is 2.39. The Morgan fingerprint density at radius 2 is 1.71 bits per heavy atom. The number of carbonyl (C=O) groups is 1. The highest BCUT2D eigenvalue weighted by atomic mass is 16.7. The molecule has 0 radical (unpaired) electrons. The second-order valence-electron chi connectivity index (χ2n) is 7.55. The van der Waals surface area contributed by atoms with Crippen molar-refractivity contribution >= 4 is 5.97 Å². The molecule has 7 nitrogen and oxygen atoms in total. The van der Waals surface area contributed by atoms with E-state index >= 15 is 0 Å². The molecule has 1 aliphatic heterocycles. The molecule has 5 atom stereocenters. The van der Waals surface area contributed by atoms with Gasteiger partial charge in [0, 0.05) is 13.5 Å². The smallest absolute Gasteiger partial charge is 0.305 e. The molecular weight excluding hydrogens is 400 g/mol. The van der Waals surface area contributed by atoms with Gasteiger partial charge in [0.1, 0.15) is 18.0 Å². The van der Waals surface area contributed by atoms with Crippen molar-refractivity contribution in [2.75, 3.05) is 14.2 Å². The van der Waals surface area contributed by atoms with Crippen LogP contribution >= 0.6 is 0 Å². The monoisotopic (exact) mass is 430 g/mol. The topological polar surface area (TPSA) is 83.5 Å². The molecular formula is C24H30O7. The number of benzene rings is 2. The van der Waals surface area contributed by atoms with Gasteiger partial charge in [-0.1, -0.05) is 48.5 Å². The number of aliphatic hydroxyl groups is 1. The first-order valence-electron chi connectivity index (χ1n) is 10.3. The van der Waals surface area contributed by atoms with Gasteiger partial charge in [0.25, 0.3) is 0 Å². The summed E-state index contributed by atoms with van der Waals surface area (Å²) in [5.74, 6) is 0.150. The minimum Gasteiger partial charge on any atom is -0.469 e. The highest BCUT2D eigenvalue weighted by molar-refractivity contribution is 5.69. The number of rotatable bonds is 9. The zero-order chi connectivity index (χ0) is 22.3. The fourth-order valence-corrected chi connectivity index (χ4v) is 3.79. The Morgan fingerprint density at radius 1 is 1.06 bits per heavy atom. The lowest BCUT2D eigenvalue weighted by atomic mass is 9.82. The molecule has 1 fully saturated rings. The second-order valence-corrected chi connectivity index (χ2v) is 7.55. The number of esters is 1. The Hall–Kier alpha value is -2.45. The fraction of sp³-hybridized carbons (Fsp3) is 0.458. The summed E-state index contributed by atoms with van der Waals surface area (Å²) in [6.07, 6.45) is -3.07. The summed E-state index contributed by atoms with van der Waals surface area (Å²) in [6.45, 7) is 2.12. The number of aliphatic hydroxyl groups excluding tert-OH is 1. The molecule has 0 aliphatic carbocycles. The van der Waals surface area contributed by atoms with Crippen molar-refractivity contribution in [3.63, 3.8) is 0 Å². The molecule has 2 aromatic rings. The van der Waals surface area contributed by atoms with E-state index in [0.29, 0.717) is 12.4 Å². The molecule has 1 heterocycles. The maximum Gasteiger partial charge on any atom is 0.305 e. The lowest BCUT2D eigenvalue weighted by molar-refractivity contribution is -0.329. The van der Waals surface area contributed by atoms with Crippen molar-refractivity contribution in [3.8, 4) is 5.75 Å². The average molecular weight is 430 g/mol. The Morgan fingerprint density at radius 3 is 2.32 bits per heavy atom. The molecule has 7 heteroatoms. The average Bonchev–Trinajstić information content (AvgIpc) is 2.80. The predicted molar refractivity (Wildman–Crippen MR) is 113 cm³/mol. The molecule has 3 rings (SSSR count). The molecule has 1 aliphatic rings. The van der Waals surface area contributed by atoms with E-state index in [9.17, 15) is 9.90 Å². The lowest BCUT2D eigenvalue weighted by Crippen LogP contribution is -2.68. The summed E-state index contributed by atoms with van der Waals surface area (Å²) >= 11 is 0. The Balaban J connectivity index is 1.84. The largest absolute Gasteiger partial charge is 0.469 e. The van der Waals surface area contributed by atoms with E-state index in [2.05, 4.69) is 0 Å². The Kier molecular flexibility index (Phi) is 8.03. The summed E-state index contributed by atoms with van der Waals surface area (Å²) in [4.78, 5) is 11.9. The first kappa shape index (κ1) is 23.2. The quantitative estimate of drug-likeness (QED) is 0.612. The molecule has 0 amide bonds. The van der Waals surface area contributed by atoms with E-state index in [0.717, 1.165) is 5.56 Å². The molecule has 1 saturated heterocycles. The van der Waals surface area contributed by atoms with Gasteiger partial charge in [-0.2, -0.15) is 0 Å². The Bertz CT molecular complexity index is 813. The van der Waals surface area contributed by atoms with Gasteiger partial charge in [-0.25, -0.2) is 0 Å². The van der Waals surface area contributed by atoms with Crippen molar-refractivity contribution in [3.05, 3.63) is 66.2 Å². The van der Waals surface area contributed by atoms with Gasteiger partial charge >= 0.3 is 5.97 Å². The van der Waals surface area contributed by atoms with Crippen LogP contribution in [0.2, 0.25) is 0 Å². The number of hydrogen-bond donors (Lipinski definition) is 1. The van der Waals surface area contributed by atoms with Crippen LogP contribution in [0.25, 0.3) is 0 Å². The minimum atomic E-state index is -1.34. The maximum absolute atomic E-state index is 11.9. The van der Waals surface area contributed by atoms with E-state index < -0.39 is 36.2 Å². The maximum atomic E-state index is 11.9. The highest BCUT2D eigenvalue weighted by Gasteiger charge is 2.57. The van der Waals surface area contributed by atoms with Gasteiger partial charge in [0.15, 0.2) is 5.60 Å². The number of ether oxygens (including phenoxy) is 5. The van der Waals surface area contributed by atoms with Crippen molar-refractivity contribution in [1.29, 1.82) is 0 Å². The first-order valence-corrected chi connectivity index (χ1v) is 10.3. The summed E-state index contributed by atoms with van der Waals surface area (Å²) in [7, 11) is 2.79. The van der Waals surface area contributed by atoms with Crippen LogP contribution in [0.4, 0.5) is 0 Å². The van der Waals surface area contributed by atoms with E-state index in [4.69, 9.17) is 23.7 Å². The molecule has 168 valence electrons. The van der Waals surface area contributed by atoms with Crippen LogP contribution < -0.4 is 4.74 Å². The van der Waals surface area contributed by atoms with Crippen molar-refractivity contribution in [2.24, 2.45) is 0 Å². The third-order valence-electron chi connectivity index (χ3n) is 5.61. The van der Waals surface area contributed by atoms with Crippen LogP contribution in [0.5, 0.6) is 5.75 Å². The van der Waals surface area contributed by atoms with Gasteiger partial charge in [-0.05, 0) is 31.0 Å². The molecule has 31 heavy (non-hydrogen) atoms. The third-order valence-corrected chi connectivity index (χ3v) is 5.61. The molecule has 1 N–H and O–H groups in total. The number of carbonyl (C=O) groups excluding carboxylic acids is 1. The van der Waals surface area contributed by atoms with Crippen LogP contribution in [-0.4, -0.2) is 55.5 Å². The van der Waals surface area contributed by atoms with Gasteiger partial charge in [-0.15, -0.1) is 0 Å². The standard InChI is InChI=1S/C24H30O7/c1-17-21(29-16-18-10-6-4-7-11-18)22(26)24(28-3,15-14-20(25)27-2)23(30-17)31-19-12-8-5-9-13-19/h4-13,17,21-23,26H,14-16H2,1-3H3/t17-,21-,22+,23-,24+/m0/s1. The van der Waals surface area contributed by atoms with Crippen LogP contribution in [0.15, 0.2) is 60.7 Å². The fourth-order valence-electron chi connectivity index (χ4n) is 3.79. The van der Waals surface area contributed by atoms with Crippen molar-refractivity contribution in [1.82, 2.24) is 0 Å². The summed E-state index contributed by atoms with van der Waals surface area (Å²) < 4.78 is 28.9. The molecule has 0 aromatic heterocycles. The zero-order valence-corrected chi connectivity index (χ0v) is 18.1. The summed E-state index contributed by atoms with van der Waals surface area (Å²) in [5, 5.41) is 11.4. The third kappa shape index (κ3) is 5.43. The Labute approximate surface area is 182 Å². The predicted octanol–water partition coefficient (Wildman–Crippen LogP) is 3.09. The van der Waals surface area contributed by atoms with Crippen LogP contribution in [-0.2, 0) is 30.3 Å². The van der Waals surface area contributed by atoms with Crippen molar-refractivity contribution in [2.45, 2.75) is 56.6 Å². The number of methoxy groups -OCH3 is 2. The molecule has 2 aromatic carbocycles. The van der Waals surface area contributed by atoms with E-state index in [1.54, 1.807) is 12.1 Å². The number of hydrogen-bond acceptors (Lipinski definition) is 7. The molecule has 0 spiro atoms. The van der Waals surface area contributed by atoms with Crippen LogP contribution in [0.1, 0.15) is 25.3 Å². The van der Waals surface area contributed by atoms with Gasteiger partial charge in [-0.3, -0.25) is 4.79 Å². The molecule has 0 saturated carbocycles. The van der Waals surface area contributed by atoms with Crippen molar-refractivity contribution < 1.29 is 33.6 Å². The SMILES string of the molecule is COC(=O)CC[C@]1(OC)[C@H](Oc2ccccc2)O[C@@H](C)[C@H](OCc2ccccc2)[C@H]1O. The van der Waals surface area contributed by atoms with Gasteiger partial charge in [0.2, 0.25) is 6.29 Å². The van der Waals surface area contributed by atoms with Crippen LogP contribution in [0.3, 0.4) is 0 Å². The molecule has 0 unspecified atom stereocenters. The normalized spacial score (nSPS) is 28.1. The second kappa shape index (κ2) is 10.7. The molecule has 0 bridgehead atoms. The van der Waals surface area contributed by atoms with Crippen LogP contribution in [0, 0.1) is 0 Å². The summed E-state index contributed by atoms with van der Waals surface area (Å²) in [5.41, 5.74) is -0.361. The lowest BCUT2D eigenvalue weighted by Gasteiger charge is -2.50. The minimum absolute atomic E-state index is 0.0270. The van der Waals surface area contributed by atoms with E-state index in [1.165, 1.54) is 14.2 Å². The number of para-hydroxylation sites is 1. The zero-order valence-electron chi connectivity index (χ0n) is 18.1.